The van der Waals surface area contributed by atoms with Gasteiger partial charge in [-0.25, -0.2) is 4.68 Å². The van der Waals surface area contributed by atoms with E-state index < -0.39 is 0 Å². The van der Waals surface area contributed by atoms with Gasteiger partial charge in [0.25, 0.3) is 0 Å². The van der Waals surface area contributed by atoms with Crippen LogP contribution < -0.4 is 4.74 Å². The number of aliphatic hydroxyl groups is 1. The van der Waals surface area contributed by atoms with Crippen molar-refractivity contribution in [1.82, 2.24) is 15.0 Å². The number of nitrogens with zero attached hydrogens (tertiary/aromatic N) is 3. The first-order valence-electron chi connectivity index (χ1n) is 5.97. The monoisotopic (exact) mass is 259 g/mol. The van der Waals surface area contributed by atoms with Crippen LogP contribution in [-0.4, -0.2) is 27.2 Å². The molecule has 100 valence electrons. The van der Waals surface area contributed by atoms with E-state index in [2.05, 4.69) is 16.9 Å². The fourth-order valence-corrected chi connectivity index (χ4v) is 1.91. The van der Waals surface area contributed by atoms with Crippen LogP contribution in [0.2, 0.25) is 0 Å². The number of aliphatic hydroxyl groups excluding tert-OH is 1. The van der Waals surface area contributed by atoms with E-state index in [0.29, 0.717) is 12.2 Å². The van der Waals surface area contributed by atoms with Crippen LogP contribution in [0.3, 0.4) is 0 Å². The first kappa shape index (κ1) is 13.3. The van der Waals surface area contributed by atoms with Crippen LogP contribution in [0, 0.1) is 0 Å². The molecule has 19 heavy (non-hydrogen) atoms. The average Bonchev–Trinajstić information content (AvgIpc) is 2.80. The highest BCUT2D eigenvalue weighted by Crippen LogP contribution is 2.26. The van der Waals surface area contributed by atoms with Gasteiger partial charge in [-0.1, -0.05) is 29.5 Å². The van der Waals surface area contributed by atoms with Gasteiger partial charge in [0.1, 0.15) is 11.4 Å². The SMILES string of the molecule is C=C(C)Cn1nnc(CO)c1-c1cccc(OC)c1. The van der Waals surface area contributed by atoms with Gasteiger partial charge < -0.3 is 9.84 Å². The minimum atomic E-state index is -0.150. The fourth-order valence-electron chi connectivity index (χ4n) is 1.91. The lowest BCUT2D eigenvalue weighted by Crippen LogP contribution is -2.04. The Labute approximate surface area is 112 Å². The van der Waals surface area contributed by atoms with Gasteiger partial charge in [0.15, 0.2) is 0 Å². The Balaban J connectivity index is 2.51. The van der Waals surface area contributed by atoms with E-state index in [4.69, 9.17) is 4.74 Å². The van der Waals surface area contributed by atoms with Gasteiger partial charge in [-0.15, -0.1) is 5.10 Å². The third-order valence-electron chi connectivity index (χ3n) is 2.72. The summed E-state index contributed by atoms with van der Waals surface area (Å²) in [5.74, 6) is 0.754. The van der Waals surface area contributed by atoms with Crippen molar-refractivity contribution >= 4 is 0 Å². The molecule has 0 aliphatic carbocycles. The summed E-state index contributed by atoms with van der Waals surface area (Å²) in [5.41, 5.74) is 3.23. The van der Waals surface area contributed by atoms with Crippen LogP contribution in [0.25, 0.3) is 11.3 Å². The molecule has 1 aromatic heterocycles. The molecule has 0 spiro atoms. The van der Waals surface area contributed by atoms with Crippen molar-refractivity contribution in [2.75, 3.05) is 7.11 Å². The average molecular weight is 259 g/mol. The fraction of sp³-hybridized carbons (Fsp3) is 0.286. The van der Waals surface area contributed by atoms with E-state index in [1.165, 1.54) is 0 Å². The second-order valence-corrected chi connectivity index (χ2v) is 4.39. The zero-order chi connectivity index (χ0) is 13.8. The molecule has 0 aliphatic heterocycles. The summed E-state index contributed by atoms with van der Waals surface area (Å²) in [7, 11) is 1.62. The maximum atomic E-state index is 9.38. The molecule has 2 rings (SSSR count). The van der Waals surface area contributed by atoms with E-state index in [0.717, 1.165) is 22.6 Å². The Morgan fingerprint density at radius 3 is 2.89 bits per heavy atom. The van der Waals surface area contributed by atoms with Gasteiger partial charge in [0.2, 0.25) is 0 Å². The van der Waals surface area contributed by atoms with Crippen molar-refractivity contribution in [3.63, 3.8) is 0 Å². The summed E-state index contributed by atoms with van der Waals surface area (Å²) in [4.78, 5) is 0. The van der Waals surface area contributed by atoms with Crippen LogP contribution in [0.4, 0.5) is 0 Å². The number of rotatable bonds is 5. The predicted molar refractivity (Wildman–Crippen MR) is 72.7 cm³/mol. The Morgan fingerprint density at radius 1 is 1.47 bits per heavy atom. The third kappa shape index (κ3) is 2.82. The van der Waals surface area contributed by atoms with Crippen molar-refractivity contribution in [2.24, 2.45) is 0 Å². The molecule has 0 radical (unpaired) electrons. The highest BCUT2D eigenvalue weighted by molar-refractivity contribution is 5.63. The summed E-state index contributed by atoms with van der Waals surface area (Å²) in [5, 5.41) is 17.4. The number of aromatic nitrogens is 3. The van der Waals surface area contributed by atoms with Crippen LogP contribution in [0.15, 0.2) is 36.4 Å². The Kier molecular flexibility index (Phi) is 3.97. The first-order valence-corrected chi connectivity index (χ1v) is 5.97. The smallest absolute Gasteiger partial charge is 0.119 e. The Morgan fingerprint density at radius 2 is 2.26 bits per heavy atom. The van der Waals surface area contributed by atoms with Gasteiger partial charge in [-0.2, -0.15) is 0 Å². The number of benzene rings is 1. The predicted octanol–water partition coefficient (Wildman–Crippen LogP) is 2.02. The van der Waals surface area contributed by atoms with E-state index in [9.17, 15) is 5.11 Å². The van der Waals surface area contributed by atoms with Gasteiger partial charge in [-0.05, 0) is 19.1 Å². The normalized spacial score (nSPS) is 10.5. The zero-order valence-electron chi connectivity index (χ0n) is 11.1. The molecule has 2 aromatic rings. The van der Waals surface area contributed by atoms with Crippen molar-refractivity contribution in [3.8, 4) is 17.0 Å². The number of allylic oxidation sites excluding steroid dienone is 1. The third-order valence-corrected chi connectivity index (χ3v) is 2.72. The van der Waals surface area contributed by atoms with E-state index in [-0.39, 0.29) is 6.61 Å². The maximum absolute atomic E-state index is 9.38. The number of hydrogen-bond donors (Lipinski definition) is 1. The van der Waals surface area contributed by atoms with Gasteiger partial charge in [0.05, 0.1) is 26.0 Å². The number of methoxy groups -OCH3 is 1. The first-order chi connectivity index (χ1) is 9.15. The molecule has 1 heterocycles. The number of ether oxygens (including phenoxy) is 1. The summed E-state index contributed by atoms with van der Waals surface area (Å²) >= 11 is 0. The van der Waals surface area contributed by atoms with Crippen LogP contribution in [0.1, 0.15) is 12.6 Å². The maximum Gasteiger partial charge on any atom is 0.119 e. The second kappa shape index (κ2) is 5.67. The molecular formula is C14H17N3O2. The molecule has 0 fully saturated rings. The lowest BCUT2D eigenvalue weighted by molar-refractivity contribution is 0.277. The molecule has 5 nitrogen and oxygen atoms in total. The van der Waals surface area contributed by atoms with Crippen molar-refractivity contribution < 1.29 is 9.84 Å². The Bertz CT molecular complexity index is 590. The van der Waals surface area contributed by atoms with Gasteiger partial charge in [-0.3, -0.25) is 0 Å². The zero-order valence-corrected chi connectivity index (χ0v) is 11.1. The molecular weight excluding hydrogens is 242 g/mol. The molecule has 0 unspecified atom stereocenters. The van der Waals surface area contributed by atoms with Gasteiger partial charge in [0, 0.05) is 5.56 Å². The van der Waals surface area contributed by atoms with E-state index >= 15 is 0 Å². The van der Waals surface area contributed by atoms with E-state index in [1.807, 2.05) is 31.2 Å². The standard InChI is InChI=1S/C14H17N3O2/c1-10(2)8-17-14(13(9-18)15-16-17)11-5-4-6-12(7-11)19-3/h4-7,18H,1,8-9H2,2-3H3. The molecule has 0 saturated carbocycles. The van der Waals surface area contributed by atoms with Crippen LogP contribution in [-0.2, 0) is 13.2 Å². The summed E-state index contributed by atoms with van der Waals surface area (Å²) in [6, 6.07) is 7.60. The molecule has 0 aliphatic rings. The highest BCUT2D eigenvalue weighted by atomic mass is 16.5. The van der Waals surface area contributed by atoms with Crippen molar-refractivity contribution in [2.45, 2.75) is 20.1 Å². The number of hydrogen-bond acceptors (Lipinski definition) is 4. The molecule has 5 heteroatoms. The van der Waals surface area contributed by atoms with E-state index in [1.54, 1.807) is 11.8 Å². The minimum absolute atomic E-state index is 0.150. The Hall–Kier alpha value is -2.14. The second-order valence-electron chi connectivity index (χ2n) is 4.39. The lowest BCUT2D eigenvalue weighted by Gasteiger charge is -2.09. The molecule has 0 saturated heterocycles. The summed E-state index contributed by atoms with van der Waals surface area (Å²) in [6.45, 7) is 6.22. The van der Waals surface area contributed by atoms with Crippen LogP contribution in [0.5, 0.6) is 5.75 Å². The quantitative estimate of drug-likeness (QED) is 0.834. The molecule has 1 N–H and O–H groups in total. The molecule has 0 atom stereocenters. The molecule has 0 amide bonds. The summed E-state index contributed by atoms with van der Waals surface area (Å²) < 4.78 is 6.96. The van der Waals surface area contributed by atoms with Crippen molar-refractivity contribution in [3.05, 3.63) is 42.1 Å². The largest absolute Gasteiger partial charge is 0.497 e. The minimum Gasteiger partial charge on any atom is -0.497 e. The highest BCUT2D eigenvalue weighted by Gasteiger charge is 2.14. The molecule has 1 aromatic carbocycles. The summed E-state index contributed by atoms with van der Waals surface area (Å²) in [6.07, 6.45) is 0. The van der Waals surface area contributed by atoms with Crippen LogP contribution >= 0.6 is 0 Å². The topological polar surface area (TPSA) is 60.2 Å². The lowest BCUT2D eigenvalue weighted by atomic mass is 10.1. The van der Waals surface area contributed by atoms with Crippen molar-refractivity contribution in [1.29, 1.82) is 0 Å². The van der Waals surface area contributed by atoms with Gasteiger partial charge >= 0.3 is 0 Å². The molecule has 0 bridgehead atoms.